The smallest absolute Gasteiger partial charge is 0.224 e. The number of aromatic nitrogens is 3. The SMILES string of the molecule is CCNc1ncc(C)c(NCCc2cscn2)n1. The number of anilines is 2. The van der Waals surface area contributed by atoms with Crippen molar-refractivity contribution < 1.29 is 0 Å². The summed E-state index contributed by atoms with van der Waals surface area (Å²) in [5.41, 5.74) is 4.02. The maximum atomic E-state index is 4.43. The van der Waals surface area contributed by atoms with Gasteiger partial charge in [0.2, 0.25) is 5.95 Å². The van der Waals surface area contributed by atoms with Crippen molar-refractivity contribution in [2.24, 2.45) is 0 Å². The van der Waals surface area contributed by atoms with Crippen molar-refractivity contribution in [3.8, 4) is 0 Å². The fourth-order valence-electron chi connectivity index (χ4n) is 1.53. The molecule has 0 bridgehead atoms. The highest BCUT2D eigenvalue weighted by atomic mass is 32.1. The fraction of sp³-hybridized carbons (Fsp3) is 0.417. The molecule has 0 amide bonds. The first-order valence-electron chi connectivity index (χ1n) is 5.98. The van der Waals surface area contributed by atoms with Gasteiger partial charge in [-0.1, -0.05) is 0 Å². The third-order valence-electron chi connectivity index (χ3n) is 2.46. The summed E-state index contributed by atoms with van der Waals surface area (Å²) in [5.74, 6) is 1.55. The molecular weight excluding hydrogens is 246 g/mol. The first kappa shape index (κ1) is 12.8. The van der Waals surface area contributed by atoms with Crippen LogP contribution in [0.15, 0.2) is 17.1 Å². The molecule has 96 valence electrons. The molecule has 2 heterocycles. The topological polar surface area (TPSA) is 62.7 Å². The van der Waals surface area contributed by atoms with E-state index in [1.165, 1.54) is 0 Å². The van der Waals surface area contributed by atoms with E-state index in [-0.39, 0.29) is 0 Å². The van der Waals surface area contributed by atoms with Crippen LogP contribution in [-0.4, -0.2) is 28.0 Å². The maximum Gasteiger partial charge on any atom is 0.224 e. The zero-order valence-electron chi connectivity index (χ0n) is 10.6. The first-order valence-corrected chi connectivity index (χ1v) is 6.92. The highest BCUT2D eigenvalue weighted by molar-refractivity contribution is 7.07. The average Bonchev–Trinajstić information content (AvgIpc) is 2.86. The molecule has 0 spiro atoms. The van der Waals surface area contributed by atoms with Crippen molar-refractivity contribution in [1.29, 1.82) is 0 Å². The lowest BCUT2D eigenvalue weighted by molar-refractivity contribution is 0.957. The molecule has 0 saturated carbocycles. The third-order valence-corrected chi connectivity index (χ3v) is 3.10. The van der Waals surface area contributed by atoms with Gasteiger partial charge >= 0.3 is 0 Å². The van der Waals surface area contributed by atoms with Gasteiger partial charge in [-0.15, -0.1) is 11.3 Å². The Hall–Kier alpha value is -1.69. The van der Waals surface area contributed by atoms with Crippen molar-refractivity contribution >= 4 is 23.1 Å². The lowest BCUT2D eigenvalue weighted by atomic mass is 10.3. The second-order valence-electron chi connectivity index (χ2n) is 3.91. The molecule has 2 N–H and O–H groups in total. The van der Waals surface area contributed by atoms with Crippen LogP contribution in [0.4, 0.5) is 11.8 Å². The third kappa shape index (κ3) is 3.40. The lowest BCUT2D eigenvalue weighted by Crippen LogP contribution is -2.10. The van der Waals surface area contributed by atoms with E-state index in [1.54, 1.807) is 11.3 Å². The van der Waals surface area contributed by atoms with Gasteiger partial charge in [0, 0.05) is 36.7 Å². The maximum absolute atomic E-state index is 4.43. The number of hydrogen-bond donors (Lipinski definition) is 2. The van der Waals surface area contributed by atoms with Gasteiger partial charge in [-0.05, 0) is 13.8 Å². The Morgan fingerprint density at radius 3 is 2.89 bits per heavy atom. The molecule has 6 heteroatoms. The number of nitrogens with zero attached hydrogens (tertiary/aromatic N) is 3. The van der Waals surface area contributed by atoms with E-state index < -0.39 is 0 Å². The Balaban J connectivity index is 1.93. The number of hydrogen-bond acceptors (Lipinski definition) is 6. The van der Waals surface area contributed by atoms with Gasteiger partial charge in [0.25, 0.3) is 0 Å². The summed E-state index contributed by atoms with van der Waals surface area (Å²) in [4.78, 5) is 12.9. The Labute approximate surface area is 111 Å². The highest BCUT2D eigenvalue weighted by Gasteiger charge is 2.03. The first-order chi connectivity index (χ1) is 8.79. The lowest BCUT2D eigenvalue weighted by Gasteiger charge is -2.09. The molecule has 0 unspecified atom stereocenters. The van der Waals surface area contributed by atoms with Crippen LogP contribution in [0, 0.1) is 6.92 Å². The summed E-state index contributed by atoms with van der Waals surface area (Å²) < 4.78 is 0. The van der Waals surface area contributed by atoms with E-state index in [9.17, 15) is 0 Å². The van der Waals surface area contributed by atoms with Crippen molar-refractivity contribution in [1.82, 2.24) is 15.0 Å². The predicted octanol–water partition coefficient (Wildman–Crippen LogP) is 2.33. The number of aryl methyl sites for hydroxylation is 1. The van der Waals surface area contributed by atoms with Crippen LogP contribution in [0.3, 0.4) is 0 Å². The zero-order valence-corrected chi connectivity index (χ0v) is 11.4. The van der Waals surface area contributed by atoms with Crippen LogP contribution >= 0.6 is 11.3 Å². The molecule has 2 aromatic rings. The molecule has 0 atom stereocenters. The largest absolute Gasteiger partial charge is 0.369 e. The number of nitrogens with one attached hydrogen (secondary N) is 2. The van der Waals surface area contributed by atoms with Crippen molar-refractivity contribution in [3.05, 3.63) is 28.3 Å². The molecule has 0 saturated heterocycles. The van der Waals surface area contributed by atoms with Crippen LogP contribution in [0.25, 0.3) is 0 Å². The van der Waals surface area contributed by atoms with Crippen LogP contribution < -0.4 is 10.6 Å². The summed E-state index contributed by atoms with van der Waals surface area (Å²) in [7, 11) is 0. The van der Waals surface area contributed by atoms with Gasteiger partial charge in [0.15, 0.2) is 0 Å². The van der Waals surface area contributed by atoms with E-state index >= 15 is 0 Å². The van der Waals surface area contributed by atoms with Crippen LogP contribution in [-0.2, 0) is 6.42 Å². The molecule has 0 radical (unpaired) electrons. The van der Waals surface area contributed by atoms with Gasteiger partial charge in [-0.25, -0.2) is 9.97 Å². The van der Waals surface area contributed by atoms with Crippen molar-refractivity contribution in [3.63, 3.8) is 0 Å². The molecule has 18 heavy (non-hydrogen) atoms. The monoisotopic (exact) mass is 263 g/mol. The van der Waals surface area contributed by atoms with Crippen LogP contribution in [0.5, 0.6) is 0 Å². The Morgan fingerprint density at radius 1 is 1.28 bits per heavy atom. The Bertz CT molecular complexity index is 483. The van der Waals surface area contributed by atoms with E-state index in [2.05, 4.69) is 31.0 Å². The molecule has 2 aromatic heterocycles. The summed E-state index contributed by atoms with van der Waals surface area (Å²) in [6, 6.07) is 0. The number of thiazole rings is 1. The van der Waals surface area contributed by atoms with E-state index in [0.717, 1.165) is 36.6 Å². The van der Waals surface area contributed by atoms with Gasteiger partial charge in [0.05, 0.1) is 11.2 Å². The number of rotatable bonds is 6. The average molecular weight is 263 g/mol. The van der Waals surface area contributed by atoms with Crippen LogP contribution in [0.1, 0.15) is 18.2 Å². The molecule has 0 aliphatic carbocycles. The summed E-state index contributed by atoms with van der Waals surface area (Å²) in [6.07, 6.45) is 2.74. The molecule has 0 aromatic carbocycles. The molecule has 2 rings (SSSR count). The predicted molar refractivity (Wildman–Crippen MR) is 75.2 cm³/mol. The molecule has 0 aliphatic rings. The summed E-state index contributed by atoms with van der Waals surface area (Å²) in [6.45, 7) is 5.67. The minimum absolute atomic E-state index is 0.666. The van der Waals surface area contributed by atoms with Gasteiger partial charge < -0.3 is 10.6 Å². The Morgan fingerprint density at radius 2 is 2.17 bits per heavy atom. The minimum Gasteiger partial charge on any atom is -0.369 e. The van der Waals surface area contributed by atoms with E-state index in [4.69, 9.17) is 0 Å². The molecule has 0 aliphatic heterocycles. The highest BCUT2D eigenvalue weighted by Crippen LogP contribution is 2.12. The second kappa shape index (κ2) is 6.30. The minimum atomic E-state index is 0.666. The summed E-state index contributed by atoms with van der Waals surface area (Å²) in [5, 5.41) is 8.50. The molecule has 5 nitrogen and oxygen atoms in total. The molecule has 0 fully saturated rings. The van der Waals surface area contributed by atoms with Crippen molar-refractivity contribution in [2.45, 2.75) is 20.3 Å². The van der Waals surface area contributed by atoms with E-state index in [1.807, 2.05) is 25.6 Å². The van der Waals surface area contributed by atoms with Gasteiger partial charge in [-0.3, -0.25) is 0 Å². The van der Waals surface area contributed by atoms with E-state index in [0.29, 0.717) is 5.95 Å². The van der Waals surface area contributed by atoms with Gasteiger partial charge in [0.1, 0.15) is 5.82 Å². The van der Waals surface area contributed by atoms with Gasteiger partial charge in [-0.2, -0.15) is 4.98 Å². The standard InChI is InChI=1S/C12H17N5S/c1-3-13-12-15-6-9(2)11(17-12)14-5-4-10-7-18-8-16-10/h6-8H,3-5H2,1-2H3,(H2,13,14,15,17). The normalized spacial score (nSPS) is 10.3. The zero-order chi connectivity index (χ0) is 12.8. The molecular formula is C12H17N5S. The Kier molecular flexibility index (Phi) is 4.46. The fourth-order valence-corrected chi connectivity index (χ4v) is 2.13. The van der Waals surface area contributed by atoms with Crippen LogP contribution in [0.2, 0.25) is 0 Å². The summed E-state index contributed by atoms with van der Waals surface area (Å²) >= 11 is 1.62. The van der Waals surface area contributed by atoms with Crippen molar-refractivity contribution in [2.75, 3.05) is 23.7 Å². The quantitative estimate of drug-likeness (QED) is 0.837. The second-order valence-corrected chi connectivity index (χ2v) is 4.63.